The highest BCUT2D eigenvalue weighted by Gasteiger charge is 2.18. The van der Waals surface area contributed by atoms with Gasteiger partial charge in [-0.1, -0.05) is 47.5 Å². The summed E-state index contributed by atoms with van der Waals surface area (Å²) < 4.78 is 25.9. The van der Waals surface area contributed by atoms with Gasteiger partial charge in [0, 0.05) is 10.6 Å². The first-order chi connectivity index (χ1) is 13.7. The molecule has 0 unspecified atom stereocenters. The zero-order chi connectivity index (χ0) is 21.0. The van der Waals surface area contributed by atoms with Gasteiger partial charge in [0.15, 0.2) is 0 Å². The number of rotatable bonds is 6. The van der Waals surface area contributed by atoms with E-state index in [0.29, 0.717) is 27.0 Å². The minimum Gasteiger partial charge on any atom is -0.321 e. The molecule has 0 aromatic heterocycles. The Labute approximate surface area is 179 Å². The quantitative estimate of drug-likeness (QED) is 0.562. The first-order valence-electron chi connectivity index (χ1n) is 8.62. The predicted octanol–water partition coefficient (Wildman–Crippen LogP) is 5.21. The molecule has 1 amide bonds. The molecule has 0 saturated carbocycles. The second-order valence-electron chi connectivity index (χ2n) is 6.38. The van der Waals surface area contributed by atoms with Crippen LogP contribution in [0.25, 0.3) is 0 Å². The molecule has 0 bridgehead atoms. The molecule has 0 saturated heterocycles. The summed E-state index contributed by atoms with van der Waals surface area (Å²) in [5, 5.41) is 3.75. The van der Waals surface area contributed by atoms with Crippen LogP contribution in [0.4, 0.5) is 11.4 Å². The molecule has 3 aromatic rings. The number of carbonyl (C=O) groups excluding carboxylic acids is 1. The number of anilines is 2. The van der Waals surface area contributed by atoms with E-state index in [1.807, 2.05) is 0 Å². The Morgan fingerprint density at radius 1 is 0.931 bits per heavy atom. The van der Waals surface area contributed by atoms with Crippen LogP contribution in [0.3, 0.4) is 0 Å². The van der Waals surface area contributed by atoms with Crippen molar-refractivity contribution < 1.29 is 13.2 Å². The number of benzene rings is 3. The van der Waals surface area contributed by atoms with Gasteiger partial charge in [0.2, 0.25) is 10.0 Å². The predicted molar refractivity (Wildman–Crippen MR) is 118 cm³/mol. The molecule has 0 aliphatic carbocycles. The lowest BCUT2D eigenvalue weighted by Crippen LogP contribution is -2.29. The summed E-state index contributed by atoms with van der Waals surface area (Å²) in [6.07, 6.45) is 1.14. The number of nitrogens with zero attached hydrogens (tertiary/aromatic N) is 1. The Bertz CT molecular complexity index is 1120. The molecule has 3 aromatic carbocycles. The molecule has 0 spiro atoms. The Morgan fingerprint density at radius 3 is 2.14 bits per heavy atom. The molecule has 1 N–H and O–H groups in total. The number of amides is 1. The Morgan fingerprint density at radius 2 is 1.55 bits per heavy atom. The summed E-state index contributed by atoms with van der Waals surface area (Å²) in [6, 6.07) is 20.2. The normalized spacial score (nSPS) is 11.1. The molecule has 3 rings (SSSR count). The lowest BCUT2D eigenvalue weighted by atomic mass is 10.1. The van der Waals surface area contributed by atoms with Crippen molar-refractivity contribution in [1.29, 1.82) is 0 Å². The van der Waals surface area contributed by atoms with Crippen LogP contribution in [-0.4, -0.2) is 20.6 Å². The van der Waals surface area contributed by atoms with Crippen LogP contribution in [0.1, 0.15) is 15.9 Å². The van der Waals surface area contributed by atoms with Gasteiger partial charge < -0.3 is 5.32 Å². The fourth-order valence-corrected chi connectivity index (χ4v) is 3.89. The maximum atomic E-state index is 12.5. The van der Waals surface area contributed by atoms with Crippen LogP contribution in [0.15, 0.2) is 72.8 Å². The van der Waals surface area contributed by atoms with Gasteiger partial charge in [-0.3, -0.25) is 9.10 Å². The molecule has 0 aliphatic rings. The molecule has 29 heavy (non-hydrogen) atoms. The number of halogens is 2. The maximum absolute atomic E-state index is 12.5. The van der Waals surface area contributed by atoms with E-state index >= 15 is 0 Å². The fourth-order valence-electron chi connectivity index (χ4n) is 2.69. The molecule has 8 heteroatoms. The van der Waals surface area contributed by atoms with Crippen molar-refractivity contribution >= 4 is 50.5 Å². The second kappa shape index (κ2) is 8.86. The van der Waals surface area contributed by atoms with Gasteiger partial charge in [-0.05, 0) is 54.1 Å². The highest BCUT2D eigenvalue weighted by atomic mass is 35.5. The van der Waals surface area contributed by atoms with Crippen LogP contribution >= 0.6 is 23.2 Å². The van der Waals surface area contributed by atoms with E-state index in [1.54, 1.807) is 72.8 Å². The number of para-hydroxylation sites is 1. The summed E-state index contributed by atoms with van der Waals surface area (Å²) in [6.45, 7) is 0.154. The van der Waals surface area contributed by atoms with Gasteiger partial charge in [-0.2, -0.15) is 0 Å². The molecule has 5 nitrogen and oxygen atoms in total. The fraction of sp³-hybridized carbons (Fsp3) is 0.0952. The van der Waals surface area contributed by atoms with Gasteiger partial charge >= 0.3 is 0 Å². The summed E-state index contributed by atoms with van der Waals surface area (Å²) >= 11 is 12.0. The zero-order valence-electron chi connectivity index (χ0n) is 15.5. The number of hydrogen-bond donors (Lipinski definition) is 1. The number of nitrogens with one attached hydrogen (secondary N) is 1. The summed E-state index contributed by atoms with van der Waals surface area (Å²) in [7, 11) is -3.53. The molecule has 0 atom stereocenters. The zero-order valence-corrected chi connectivity index (χ0v) is 17.8. The van der Waals surface area contributed by atoms with E-state index in [0.717, 1.165) is 11.8 Å². The average Bonchev–Trinajstić information content (AvgIpc) is 2.68. The lowest BCUT2D eigenvalue weighted by Gasteiger charge is -2.23. The highest BCUT2D eigenvalue weighted by molar-refractivity contribution is 7.92. The number of hydrogen-bond acceptors (Lipinski definition) is 3. The number of carbonyl (C=O) groups is 1. The van der Waals surface area contributed by atoms with Crippen LogP contribution in [-0.2, 0) is 16.6 Å². The van der Waals surface area contributed by atoms with Crippen molar-refractivity contribution in [2.45, 2.75) is 6.54 Å². The van der Waals surface area contributed by atoms with Crippen molar-refractivity contribution in [3.8, 4) is 0 Å². The summed E-state index contributed by atoms with van der Waals surface area (Å²) in [5.41, 5.74) is 2.13. The van der Waals surface area contributed by atoms with Crippen molar-refractivity contribution in [3.05, 3.63) is 94.0 Å². The lowest BCUT2D eigenvalue weighted by molar-refractivity contribution is 0.102. The molecule has 150 valence electrons. The molecular weight excluding hydrogens is 431 g/mol. The SMILES string of the molecule is CS(=O)(=O)N(Cc1ccc(Cl)cc1)c1ccc(C(=O)Nc2ccccc2Cl)cc1. The highest BCUT2D eigenvalue weighted by Crippen LogP contribution is 2.24. The third-order valence-corrected chi connectivity index (χ3v) is 5.90. The van der Waals surface area contributed by atoms with Gasteiger partial charge in [-0.25, -0.2) is 8.42 Å². The van der Waals surface area contributed by atoms with Crippen LogP contribution < -0.4 is 9.62 Å². The Balaban J connectivity index is 1.81. The van der Waals surface area contributed by atoms with Gasteiger partial charge in [0.25, 0.3) is 5.91 Å². The minimum absolute atomic E-state index is 0.154. The average molecular weight is 449 g/mol. The minimum atomic E-state index is -3.53. The maximum Gasteiger partial charge on any atom is 0.255 e. The Hall–Kier alpha value is -2.54. The first kappa shape index (κ1) is 21.2. The van der Waals surface area contributed by atoms with Crippen molar-refractivity contribution in [2.75, 3.05) is 15.9 Å². The van der Waals surface area contributed by atoms with E-state index in [9.17, 15) is 13.2 Å². The van der Waals surface area contributed by atoms with Gasteiger partial charge in [0.1, 0.15) is 0 Å². The van der Waals surface area contributed by atoms with Crippen LogP contribution in [0, 0.1) is 0 Å². The van der Waals surface area contributed by atoms with Crippen LogP contribution in [0.2, 0.25) is 10.0 Å². The molecule has 0 fully saturated rings. The standard InChI is InChI=1S/C21H18Cl2N2O3S/c1-29(27,28)25(14-15-6-10-17(22)11-7-15)18-12-8-16(9-13-18)21(26)24-20-5-3-2-4-19(20)23/h2-13H,14H2,1H3,(H,24,26). The smallest absolute Gasteiger partial charge is 0.255 e. The molecule has 0 heterocycles. The summed E-state index contributed by atoms with van der Waals surface area (Å²) in [4.78, 5) is 12.5. The van der Waals surface area contributed by atoms with Gasteiger partial charge in [-0.15, -0.1) is 0 Å². The monoisotopic (exact) mass is 448 g/mol. The second-order valence-corrected chi connectivity index (χ2v) is 9.13. The summed E-state index contributed by atoms with van der Waals surface area (Å²) in [5.74, 6) is -0.340. The Kier molecular flexibility index (Phi) is 6.47. The third-order valence-electron chi connectivity index (χ3n) is 4.18. The van der Waals surface area contributed by atoms with E-state index in [2.05, 4.69) is 5.32 Å². The molecular formula is C21H18Cl2N2O3S. The van der Waals surface area contributed by atoms with E-state index in [4.69, 9.17) is 23.2 Å². The topological polar surface area (TPSA) is 66.5 Å². The largest absolute Gasteiger partial charge is 0.321 e. The molecule has 0 radical (unpaired) electrons. The number of sulfonamides is 1. The van der Waals surface area contributed by atoms with Gasteiger partial charge in [0.05, 0.1) is 29.2 Å². The van der Waals surface area contributed by atoms with Crippen LogP contribution in [0.5, 0.6) is 0 Å². The van der Waals surface area contributed by atoms with E-state index in [1.165, 1.54) is 4.31 Å². The van der Waals surface area contributed by atoms with Crippen molar-refractivity contribution in [2.24, 2.45) is 0 Å². The van der Waals surface area contributed by atoms with E-state index < -0.39 is 10.0 Å². The molecule has 0 aliphatic heterocycles. The first-order valence-corrected chi connectivity index (χ1v) is 11.2. The van der Waals surface area contributed by atoms with Crippen molar-refractivity contribution in [3.63, 3.8) is 0 Å². The van der Waals surface area contributed by atoms with E-state index in [-0.39, 0.29) is 12.5 Å². The third kappa shape index (κ3) is 5.50. The van der Waals surface area contributed by atoms with Crippen molar-refractivity contribution in [1.82, 2.24) is 0 Å².